The van der Waals surface area contributed by atoms with Gasteiger partial charge in [0.1, 0.15) is 0 Å². The van der Waals surface area contributed by atoms with E-state index in [0.717, 1.165) is 19.0 Å². The van der Waals surface area contributed by atoms with Gasteiger partial charge in [-0.05, 0) is 55.3 Å². The second kappa shape index (κ2) is 8.98. The molecule has 0 N–H and O–H groups in total. The van der Waals surface area contributed by atoms with E-state index in [2.05, 4.69) is 108 Å². The van der Waals surface area contributed by atoms with Crippen molar-refractivity contribution < 1.29 is 0 Å². The van der Waals surface area contributed by atoms with Crippen LogP contribution in [0.3, 0.4) is 0 Å². The third-order valence-electron chi connectivity index (χ3n) is 7.63. The fraction of sp³-hybridized carbons (Fsp3) is 0.379. The smallest absolute Gasteiger partial charge is 0.0320 e. The van der Waals surface area contributed by atoms with Crippen LogP contribution in [-0.2, 0) is 13.1 Å². The number of benzene rings is 3. The molecule has 0 radical (unpaired) electrons. The van der Waals surface area contributed by atoms with Gasteiger partial charge in [0.15, 0.2) is 0 Å². The molecule has 1 aliphatic carbocycles. The average molecular weight is 411 g/mol. The Morgan fingerprint density at radius 2 is 1.32 bits per heavy atom. The van der Waals surface area contributed by atoms with Crippen LogP contribution >= 0.6 is 0 Å². The lowest BCUT2D eigenvalue weighted by Crippen LogP contribution is -2.43. The predicted molar refractivity (Wildman–Crippen MR) is 129 cm³/mol. The summed E-state index contributed by atoms with van der Waals surface area (Å²) in [4.78, 5) is 5.52. The van der Waals surface area contributed by atoms with Crippen molar-refractivity contribution in [2.45, 2.75) is 50.9 Å². The van der Waals surface area contributed by atoms with E-state index < -0.39 is 0 Å². The van der Waals surface area contributed by atoms with Gasteiger partial charge in [-0.25, -0.2) is 0 Å². The number of hydrogen-bond donors (Lipinski definition) is 0. The second-order valence-corrected chi connectivity index (χ2v) is 9.50. The van der Waals surface area contributed by atoms with E-state index in [1.807, 2.05) is 0 Å². The summed E-state index contributed by atoms with van der Waals surface area (Å²) >= 11 is 0. The molecule has 2 heteroatoms. The molecule has 1 aliphatic heterocycles. The van der Waals surface area contributed by atoms with Crippen LogP contribution in [0.5, 0.6) is 0 Å². The molecule has 1 saturated carbocycles. The number of hydrogen-bond acceptors (Lipinski definition) is 2. The normalized spacial score (nSPS) is 21.3. The summed E-state index contributed by atoms with van der Waals surface area (Å²) in [6.45, 7) is 6.90. The zero-order valence-electron chi connectivity index (χ0n) is 18.7. The fourth-order valence-corrected chi connectivity index (χ4v) is 5.61. The molecule has 2 nitrogen and oxygen atoms in total. The highest BCUT2D eigenvalue weighted by molar-refractivity contribution is 5.22. The number of likely N-dealkylation sites (tertiary alicyclic amines) is 1. The van der Waals surface area contributed by atoms with Gasteiger partial charge in [0.05, 0.1) is 0 Å². The maximum atomic E-state index is 2.80. The van der Waals surface area contributed by atoms with Crippen molar-refractivity contribution in [2.24, 2.45) is 5.92 Å². The molecule has 0 spiro atoms. The highest BCUT2D eigenvalue weighted by Crippen LogP contribution is 2.52. The molecule has 2 fully saturated rings. The molecule has 0 amide bonds. The molecule has 1 heterocycles. The Bertz CT molecular complexity index is 908. The van der Waals surface area contributed by atoms with Crippen LogP contribution in [0.25, 0.3) is 0 Å². The third kappa shape index (κ3) is 4.46. The zero-order valence-corrected chi connectivity index (χ0v) is 18.7. The van der Waals surface area contributed by atoms with Crippen molar-refractivity contribution in [2.75, 3.05) is 13.1 Å². The van der Waals surface area contributed by atoms with E-state index in [1.165, 1.54) is 49.0 Å². The molecule has 2 atom stereocenters. The molecular weight excluding hydrogens is 376 g/mol. The monoisotopic (exact) mass is 410 g/mol. The Labute approximate surface area is 187 Å². The summed E-state index contributed by atoms with van der Waals surface area (Å²) in [6.07, 6.45) is 3.99. The van der Waals surface area contributed by atoms with Gasteiger partial charge in [-0.3, -0.25) is 9.80 Å². The highest BCUT2D eigenvalue weighted by Gasteiger charge is 2.55. The summed E-state index contributed by atoms with van der Waals surface area (Å²) in [6, 6.07) is 33.6. The highest BCUT2D eigenvalue weighted by atomic mass is 15.3. The molecule has 5 rings (SSSR count). The van der Waals surface area contributed by atoms with Crippen molar-refractivity contribution >= 4 is 0 Å². The van der Waals surface area contributed by atoms with E-state index in [9.17, 15) is 0 Å². The van der Waals surface area contributed by atoms with Crippen LogP contribution in [0.1, 0.15) is 48.9 Å². The Hall–Kier alpha value is -2.42. The van der Waals surface area contributed by atoms with Crippen molar-refractivity contribution in [1.82, 2.24) is 9.80 Å². The van der Waals surface area contributed by atoms with Crippen molar-refractivity contribution in [3.8, 4) is 0 Å². The van der Waals surface area contributed by atoms with Crippen molar-refractivity contribution in [3.63, 3.8) is 0 Å². The molecule has 160 valence electrons. The quantitative estimate of drug-likeness (QED) is 0.430. The lowest BCUT2D eigenvalue weighted by molar-refractivity contribution is 0.100. The first-order chi connectivity index (χ1) is 15.2. The van der Waals surface area contributed by atoms with Crippen molar-refractivity contribution in [1.29, 1.82) is 0 Å². The Morgan fingerprint density at radius 1 is 0.806 bits per heavy atom. The van der Waals surface area contributed by atoms with Crippen LogP contribution in [-0.4, -0.2) is 28.4 Å². The number of nitrogens with zero attached hydrogens (tertiary/aromatic N) is 2. The Balaban J connectivity index is 1.35. The predicted octanol–water partition coefficient (Wildman–Crippen LogP) is 6.30. The van der Waals surface area contributed by atoms with E-state index in [-0.39, 0.29) is 0 Å². The van der Waals surface area contributed by atoms with Crippen LogP contribution in [0.15, 0.2) is 91.0 Å². The Kier molecular flexibility index (Phi) is 5.93. The lowest BCUT2D eigenvalue weighted by Gasteiger charge is -2.37. The minimum Gasteiger partial charge on any atom is -0.296 e. The largest absolute Gasteiger partial charge is 0.296 e. The first kappa shape index (κ1) is 20.5. The fourth-order valence-electron chi connectivity index (χ4n) is 5.61. The molecule has 1 unspecified atom stereocenters. The maximum Gasteiger partial charge on any atom is 0.0320 e. The minimum atomic E-state index is 0.358. The molecule has 0 aromatic heterocycles. The minimum absolute atomic E-state index is 0.358. The molecule has 2 aliphatic rings. The van der Waals surface area contributed by atoms with Crippen molar-refractivity contribution in [3.05, 3.63) is 108 Å². The topological polar surface area (TPSA) is 6.48 Å². The maximum absolute atomic E-state index is 2.80. The zero-order chi connectivity index (χ0) is 21.1. The van der Waals surface area contributed by atoms with Gasteiger partial charge in [-0.1, -0.05) is 91.0 Å². The van der Waals surface area contributed by atoms with Crippen LogP contribution in [0.4, 0.5) is 0 Å². The van der Waals surface area contributed by atoms with Crippen LogP contribution < -0.4 is 0 Å². The third-order valence-corrected chi connectivity index (χ3v) is 7.63. The standard InChI is InChI=1S/C29H34N2/c1-24(27-15-9-4-10-16-27)30-20-17-28(23-30)29(18-19-29)31(21-25-11-5-2-6-12-25)22-26-13-7-3-8-14-26/h2-16,24,28H,17-23H2,1H3/t24-,28?/m0/s1. The lowest BCUT2D eigenvalue weighted by atomic mass is 9.93. The van der Waals surface area contributed by atoms with Gasteiger partial charge in [-0.15, -0.1) is 0 Å². The summed E-state index contributed by atoms with van der Waals surface area (Å²) in [7, 11) is 0. The van der Waals surface area contributed by atoms with Gasteiger partial charge in [-0.2, -0.15) is 0 Å². The summed E-state index contributed by atoms with van der Waals surface area (Å²) in [5.41, 5.74) is 4.66. The summed E-state index contributed by atoms with van der Waals surface area (Å²) in [5.74, 6) is 0.756. The van der Waals surface area contributed by atoms with Gasteiger partial charge in [0.2, 0.25) is 0 Å². The molecule has 31 heavy (non-hydrogen) atoms. The van der Waals surface area contributed by atoms with Gasteiger partial charge in [0.25, 0.3) is 0 Å². The van der Waals surface area contributed by atoms with Gasteiger partial charge in [0, 0.05) is 31.2 Å². The molecule has 0 bridgehead atoms. The summed E-state index contributed by atoms with van der Waals surface area (Å²) < 4.78 is 0. The van der Waals surface area contributed by atoms with Crippen LogP contribution in [0.2, 0.25) is 0 Å². The SMILES string of the molecule is C[C@@H](c1ccccc1)N1CCC(C2(N(Cc3ccccc3)Cc3ccccc3)CC2)C1. The summed E-state index contributed by atoms with van der Waals surface area (Å²) in [5, 5.41) is 0. The second-order valence-electron chi connectivity index (χ2n) is 9.50. The first-order valence-electron chi connectivity index (χ1n) is 11.9. The van der Waals surface area contributed by atoms with E-state index in [0.29, 0.717) is 11.6 Å². The molecule has 3 aromatic carbocycles. The van der Waals surface area contributed by atoms with E-state index in [4.69, 9.17) is 0 Å². The van der Waals surface area contributed by atoms with E-state index >= 15 is 0 Å². The van der Waals surface area contributed by atoms with Gasteiger partial charge < -0.3 is 0 Å². The van der Waals surface area contributed by atoms with E-state index in [1.54, 1.807) is 0 Å². The average Bonchev–Trinajstić information content (AvgIpc) is 3.49. The van der Waals surface area contributed by atoms with Crippen LogP contribution in [0, 0.1) is 5.92 Å². The molecule has 1 saturated heterocycles. The number of rotatable bonds is 8. The molecule has 3 aromatic rings. The Morgan fingerprint density at radius 3 is 1.84 bits per heavy atom. The first-order valence-corrected chi connectivity index (χ1v) is 11.9. The van der Waals surface area contributed by atoms with Gasteiger partial charge >= 0.3 is 0 Å². The molecular formula is C29H34N2.